The van der Waals surface area contributed by atoms with Crippen LogP contribution in [0.4, 0.5) is 0 Å². The van der Waals surface area contributed by atoms with Crippen LogP contribution in [0, 0.1) is 0 Å². The monoisotopic (exact) mass is 191 g/mol. The van der Waals surface area contributed by atoms with Gasteiger partial charge >= 0.3 is 0 Å². The number of rotatable bonds is 6. The van der Waals surface area contributed by atoms with Crippen molar-refractivity contribution >= 4 is 0 Å². The van der Waals surface area contributed by atoms with E-state index in [1.165, 1.54) is 0 Å². The van der Waals surface area contributed by atoms with Crippen molar-refractivity contribution in [3.05, 3.63) is 36.9 Å². The highest BCUT2D eigenvalue weighted by molar-refractivity contribution is 4.97. The smallest absolute Gasteiger partial charge is 0.115 e. The van der Waals surface area contributed by atoms with Crippen LogP contribution < -0.4 is 5.32 Å². The van der Waals surface area contributed by atoms with Crippen molar-refractivity contribution in [1.82, 2.24) is 15.3 Å². The van der Waals surface area contributed by atoms with E-state index in [9.17, 15) is 0 Å². The van der Waals surface area contributed by atoms with Crippen LogP contribution in [-0.2, 0) is 6.54 Å². The Morgan fingerprint density at radius 3 is 3.14 bits per heavy atom. The third kappa shape index (κ3) is 4.14. The van der Waals surface area contributed by atoms with E-state index < -0.39 is 0 Å². The number of aromatic nitrogens is 2. The zero-order valence-electron chi connectivity index (χ0n) is 8.61. The molecule has 0 aromatic carbocycles. The molecule has 0 spiro atoms. The molecule has 1 rings (SSSR count). The largest absolute Gasteiger partial charge is 0.309 e. The van der Waals surface area contributed by atoms with Crippen LogP contribution in [0.3, 0.4) is 0 Å². The molecule has 14 heavy (non-hydrogen) atoms. The number of nitrogens with zero attached hydrogens (tertiary/aromatic N) is 2. The Hall–Kier alpha value is -1.22. The molecule has 0 aliphatic carbocycles. The lowest BCUT2D eigenvalue weighted by atomic mass is 10.2. The van der Waals surface area contributed by atoms with Gasteiger partial charge in [0.1, 0.15) is 6.33 Å². The summed E-state index contributed by atoms with van der Waals surface area (Å²) in [6.45, 7) is 6.68. The zero-order chi connectivity index (χ0) is 10.2. The van der Waals surface area contributed by atoms with Gasteiger partial charge in [-0.1, -0.05) is 6.08 Å². The van der Waals surface area contributed by atoms with Crippen LogP contribution in [0.25, 0.3) is 0 Å². The lowest BCUT2D eigenvalue weighted by Crippen LogP contribution is -2.25. The van der Waals surface area contributed by atoms with Crippen molar-refractivity contribution < 1.29 is 0 Å². The molecule has 0 saturated carbocycles. The Balaban J connectivity index is 2.23. The van der Waals surface area contributed by atoms with E-state index >= 15 is 0 Å². The van der Waals surface area contributed by atoms with Gasteiger partial charge in [0, 0.05) is 18.8 Å². The lowest BCUT2D eigenvalue weighted by Gasteiger charge is -2.11. The van der Waals surface area contributed by atoms with E-state index in [1.54, 1.807) is 12.5 Å². The predicted octanol–water partition coefficient (Wildman–Crippen LogP) is 1.92. The SMILES string of the molecule is C=CCCC(C)NCc1ccncn1. The molecule has 0 saturated heterocycles. The molecular weight excluding hydrogens is 174 g/mol. The maximum Gasteiger partial charge on any atom is 0.115 e. The maximum atomic E-state index is 4.14. The van der Waals surface area contributed by atoms with Crippen molar-refractivity contribution in [3.63, 3.8) is 0 Å². The Kier molecular flexibility index (Phi) is 4.86. The summed E-state index contributed by atoms with van der Waals surface area (Å²) in [4.78, 5) is 8.01. The minimum absolute atomic E-state index is 0.503. The minimum Gasteiger partial charge on any atom is -0.309 e. The van der Waals surface area contributed by atoms with Gasteiger partial charge in [-0.25, -0.2) is 9.97 Å². The highest BCUT2D eigenvalue weighted by Crippen LogP contribution is 1.98. The fraction of sp³-hybridized carbons (Fsp3) is 0.455. The number of hydrogen-bond acceptors (Lipinski definition) is 3. The average Bonchev–Trinajstić information content (AvgIpc) is 2.25. The highest BCUT2D eigenvalue weighted by Gasteiger charge is 2.00. The summed E-state index contributed by atoms with van der Waals surface area (Å²) in [7, 11) is 0. The first-order chi connectivity index (χ1) is 6.83. The van der Waals surface area contributed by atoms with Gasteiger partial charge in [-0.2, -0.15) is 0 Å². The van der Waals surface area contributed by atoms with Crippen LogP contribution in [0.5, 0.6) is 0 Å². The van der Waals surface area contributed by atoms with Crippen molar-refractivity contribution in [2.45, 2.75) is 32.4 Å². The summed E-state index contributed by atoms with van der Waals surface area (Å²) in [6.07, 6.45) is 7.46. The van der Waals surface area contributed by atoms with E-state index in [0.29, 0.717) is 6.04 Å². The second-order valence-electron chi connectivity index (χ2n) is 3.35. The molecule has 1 N–H and O–H groups in total. The average molecular weight is 191 g/mol. The first-order valence-corrected chi connectivity index (χ1v) is 4.92. The van der Waals surface area contributed by atoms with Gasteiger partial charge < -0.3 is 5.32 Å². The van der Waals surface area contributed by atoms with Gasteiger partial charge in [0.15, 0.2) is 0 Å². The second-order valence-corrected chi connectivity index (χ2v) is 3.35. The molecule has 3 nitrogen and oxygen atoms in total. The summed E-state index contributed by atoms with van der Waals surface area (Å²) >= 11 is 0. The van der Waals surface area contributed by atoms with E-state index in [-0.39, 0.29) is 0 Å². The molecule has 0 aliphatic rings. The third-order valence-electron chi connectivity index (χ3n) is 2.08. The van der Waals surface area contributed by atoms with E-state index in [1.807, 2.05) is 12.1 Å². The zero-order valence-corrected chi connectivity index (χ0v) is 8.61. The van der Waals surface area contributed by atoms with Crippen LogP contribution >= 0.6 is 0 Å². The van der Waals surface area contributed by atoms with Crippen LogP contribution in [-0.4, -0.2) is 16.0 Å². The third-order valence-corrected chi connectivity index (χ3v) is 2.08. The molecule has 0 aliphatic heterocycles. The van der Waals surface area contributed by atoms with Crippen molar-refractivity contribution in [2.75, 3.05) is 0 Å². The quantitative estimate of drug-likeness (QED) is 0.698. The molecule has 0 fully saturated rings. The number of allylic oxidation sites excluding steroid dienone is 1. The summed E-state index contributed by atoms with van der Waals surface area (Å²) in [5.74, 6) is 0. The lowest BCUT2D eigenvalue weighted by molar-refractivity contribution is 0.513. The Labute approximate surface area is 85.3 Å². The molecule has 1 aromatic rings. The minimum atomic E-state index is 0.503. The maximum absolute atomic E-state index is 4.14. The van der Waals surface area contributed by atoms with Gasteiger partial charge in [0.2, 0.25) is 0 Å². The predicted molar refractivity (Wildman–Crippen MR) is 57.8 cm³/mol. The second kappa shape index (κ2) is 6.27. The van der Waals surface area contributed by atoms with Crippen LogP contribution in [0.2, 0.25) is 0 Å². The van der Waals surface area contributed by atoms with Gasteiger partial charge in [-0.15, -0.1) is 6.58 Å². The fourth-order valence-electron chi connectivity index (χ4n) is 1.17. The Morgan fingerprint density at radius 2 is 2.50 bits per heavy atom. The van der Waals surface area contributed by atoms with Gasteiger partial charge in [0.05, 0.1) is 5.69 Å². The Bertz CT molecular complexity index is 258. The molecule has 1 unspecified atom stereocenters. The molecule has 76 valence electrons. The summed E-state index contributed by atoms with van der Waals surface area (Å²) in [5.41, 5.74) is 1.03. The molecule has 0 bridgehead atoms. The topological polar surface area (TPSA) is 37.8 Å². The normalized spacial score (nSPS) is 12.4. The number of hydrogen-bond donors (Lipinski definition) is 1. The van der Waals surface area contributed by atoms with E-state index in [2.05, 4.69) is 28.8 Å². The van der Waals surface area contributed by atoms with Gasteiger partial charge in [-0.05, 0) is 25.8 Å². The van der Waals surface area contributed by atoms with Crippen LogP contribution in [0.15, 0.2) is 31.2 Å². The van der Waals surface area contributed by atoms with Crippen molar-refractivity contribution in [1.29, 1.82) is 0 Å². The highest BCUT2D eigenvalue weighted by atomic mass is 14.9. The standard InChI is InChI=1S/C11H17N3/c1-3-4-5-10(2)13-8-11-6-7-12-9-14-11/h3,6-7,9-10,13H,1,4-5,8H2,2H3. The fourth-order valence-corrected chi connectivity index (χ4v) is 1.17. The summed E-state index contributed by atoms with van der Waals surface area (Å²) in [6, 6.07) is 2.43. The first kappa shape index (κ1) is 10.9. The van der Waals surface area contributed by atoms with E-state index in [0.717, 1.165) is 25.1 Å². The van der Waals surface area contributed by atoms with Crippen molar-refractivity contribution in [3.8, 4) is 0 Å². The molecule has 1 aromatic heterocycles. The molecular formula is C11H17N3. The number of nitrogens with one attached hydrogen (secondary N) is 1. The van der Waals surface area contributed by atoms with Crippen LogP contribution in [0.1, 0.15) is 25.5 Å². The van der Waals surface area contributed by atoms with Crippen molar-refractivity contribution in [2.24, 2.45) is 0 Å². The Morgan fingerprint density at radius 1 is 1.64 bits per heavy atom. The van der Waals surface area contributed by atoms with Gasteiger partial charge in [-0.3, -0.25) is 0 Å². The molecule has 1 atom stereocenters. The summed E-state index contributed by atoms with van der Waals surface area (Å²) in [5, 5.41) is 3.40. The molecule has 0 amide bonds. The molecule has 3 heteroatoms. The first-order valence-electron chi connectivity index (χ1n) is 4.92. The van der Waals surface area contributed by atoms with E-state index in [4.69, 9.17) is 0 Å². The summed E-state index contributed by atoms with van der Waals surface area (Å²) < 4.78 is 0. The molecule has 0 radical (unpaired) electrons. The molecule has 1 heterocycles. The van der Waals surface area contributed by atoms with Gasteiger partial charge in [0.25, 0.3) is 0 Å².